The van der Waals surface area contributed by atoms with E-state index in [1.54, 1.807) is 12.2 Å². The van der Waals surface area contributed by atoms with Crippen molar-refractivity contribution in [2.45, 2.75) is 52.1 Å². The minimum absolute atomic E-state index is 0.0297. The normalized spacial score (nSPS) is 44.2. The zero-order valence-corrected chi connectivity index (χ0v) is 16.5. The number of hydrogen-bond donors (Lipinski definition) is 2. The number of carbonyl (C=O) groups excluding carboxylic acids is 3. The van der Waals surface area contributed by atoms with E-state index < -0.39 is 12.2 Å². The Morgan fingerprint density at radius 2 is 2.04 bits per heavy atom. The van der Waals surface area contributed by atoms with E-state index in [2.05, 4.69) is 13.8 Å². The van der Waals surface area contributed by atoms with Gasteiger partial charge in [-0.2, -0.15) is 0 Å². The number of Topliss-reactive ketones (excluding diaryl/α,β-unsaturated/α-hetero) is 1. The van der Waals surface area contributed by atoms with E-state index in [9.17, 15) is 19.5 Å². The first kappa shape index (κ1) is 19.4. The predicted molar refractivity (Wildman–Crippen MR) is 102 cm³/mol. The molecule has 0 aromatic rings. The van der Waals surface area contributed by atoms with E-state index >= 15 is 0 Å². The van der Waals surface area contributed by atoms with Crippen LogP contribution in [0.4, 0.5) is 4.79 Å². The van der Waals surface area contributed by atoms with Crippen molar-refractivity contribution >= 4 is 17.7 Å². The summed E-state index contributed by atoms with van der Waals surface area (Å²) in [5.74, 6) is 0.421. The lowest BCUT2D eigenvalue weighted by Crippen LogP contribution is -2.56. The summed E-state index contributed by atoms with van der Waals surface area (Å²) in [5.41, 5.74) is 5.54. The molecule has 0 aromatic heterocycles. The highest BCUT2D eigenvalue weighted by molar-refractivity contribution is 6.01. The van der Waals surface area contributed by atoms with Crippen LogP contribution in [0, 0.1) is 34.5 Å². The maximum absolute atomic E-state index is 12.7. The van der Waals surface area contributed by atoms with E-state index in [0.29, 0.717) is 18.3 Å². The van der Waals surface area contributed by atoms with Gasteiger partial charge in [0.05, 0.1) is 6.10 Å². The lowest BCUT2D eigenvalue weighted by Gasteiger charge is -2.58. The third-order valence-electron chi connectivity index (χ3n) is 8.24. The van der Waals surface area contributed by atoms with Crippen molar-refractivity contribution in [3.8, 4) is 0 Å². The number of primary amides is 1. The zero-order valence-electron chi connectivity index (χ0n) is 16.5. The molecule has 4 aliphatic rings. The molecule has 0 spiro atoms. The summed E-state index contributed by atoms with van der Waals surface area (Å²) >= 11 is 0. The first-order valence-electron chi connectivity index (χ1n) is 10.2. The smallest absolute Gasteiger partial charge is 0.404 e. The Morgan fingerprint density at radius 3 is 2.75 bits per heavy atom. The van der Waals surface area contributed by atoms with Gasteiger partial charge >= 0.3 is 6.09 Å². The van der Waals surface area contributed by atoms with Crippen molar-refractivity contribution in [1.82, 2.24) is 0 Å². The van der Waals surface area contributed by atoms with E-state index in [1.165, 1.54) is 0 Å². The summed E-state index contributed by atoms with van der Waals surface area (Å²) in [7, 11) is 0. The molecule has 28 heavy (non-hydrogen) atoms. The van der Waals surface area contributed by atoms with Gasteiger partial charge in [-0.05, 0) is 61.5 Å². The van der Waals surface area contributed by atoms with E-state index in [0.717, 1.165) is 31.3 Å². The topological polar surface area (TPSA) is 107 Å². The molecule has 0 aliphatic heterocycles. The van der Waals surface area contributed by atoms with Gasteiger partial charge in [0.2, 0.25) is 0 Å². The summed E-state index contributed by atoms with van der Waals surface area (Å²) in [6, 6.07) is 0. The number of rotatable bonds is 3. The van der Waals surface area contributed by atoms with Crippen LogP contribution in [0.5, 0.6) is 0 Å². The number of nitrogens with two attached hydrogens (primary N) is 1. The van der Waals surface area contributed by atoms with Gasteiger partial charge in [-0.25, -0.2) is 4.79 Å². The monoisotopic (exact) mass is 387 g/mol. The Morgan fingerprint density at radius 1 is 1.29 bits per heavy atom. The molecular formula is C22H29NO5. The molecule has 4 rings (SSSR count). The Hall–Kier alpha value is -1.95. The SMILES string of the molecule is CC12C=CC(=O)C=C1CCC1C2C(O)CC2(C)C(C(=O)COC(N)=O)CCC12. The minimum atomic E-state index is -0.935. The number of ketones is 2. The van der Waals surface area contributed by atoms with Crippen LogP contribution in [-0.2, 0) is 14.3 Å². The molecule has 6 heteroatoms. The average molecular weight is 387 g/mol. The van der Waals surface area contributed by atoms with Crippen molar-refractivity contribution < 1.29 is 24.2 Å². The fourth-order valence-corrected chi connectivity index (χ4v) is 7.10. The van der Waals surface area contributed by atoms with Gasteiger partial charge in [-0.1, -0.05) is 25.5 Å². The molecule has 0 aromatic carbocycles. The van der Waals surface area contributed by atoms with Gasteiger partial charge in [0.15, 0.2) is 18.2 Å². The van der Waals surface area contributed by atoms with Gasteiger partial charge in [-0.15, -0.1) is 0 Å². The molecule has 0 saturated heterocycles. The lowest BCUT2D eigenvalue weighted by atomic mass is 9.46. The second kappa shape index (κ2) is 6.55. The second-order valence-corrected chi connectivity index (χ2v) is 9.50. The largest absolute Gasteiger partial charge is 0.442 e. The average Bonchev–Trinajstić information content (AvgIpc) is 2.96. The number of aliphatic hydroxyl groups is 1. The minimum Gasteiger partial charge on any atom is -0.442 e. The van der Waals surface area contributed by atoms with Crippen molar-refractivity contribution in [2.24, 2.45) is 40.2 Å². The zero-order chi connectivity index (χ0) is 20.3. The summed E-state index contributed by atoms with van der Waals surface area (Å²) < 4.78 is 4.75. The lowest BCUT2D eigenvalue weighted by molar-refractivity contribution is -0.141. The number of ether oxygens (including phenoxy) is 1. The predicted octanol–water partition coefficient (Wildman–Crippen LogP) is 2.55. The third-order valence-corrected chi connectivity index (χ3v) is 8.24. The molecule has 7 atom stereocenters. The molecule has 152 valence electrons. The Labute approximate surface area is 165 Å². The van der Waals surface area contributed by atoms with Crippen molar-refractivity contribution in [3.63, 3.8) is 0 Å². The van der Waals surface area contributed by atoms with Crippen molar-refractivity contribution in [1.29, 1.82) is 0 Å². The second-order valence-electron chi connectivity index (χ2n) is 9.50. The van der Waals surface area contributed by atoms with Gasteiger partial charge in [0, 0.05) is 17.3 Å². The van der Waals surface area contributed by atoms with Crippen LogP contribution in [0.2, 0.25) is 0 Å². The molecule has 3 saturated carbocycles. The maximum Gasteiger partial charge on any atom is 0.404 e. The van der Waals surface area contributed by atoms with Gasteiger partial charge in [-0.3, -0.25) is 9.59 Å². The molecule has 1 amide bonds. The molecule has 0 heterocycles. The van der Waals surface area contributed by atoms with Crippen LogP contribution >= 0.6 is 0 Å². The number of carbonyl (C=O) groups is 3. The standard InChI is InChI=1S/C22H29NO5/c1-21-8-7-13(24)9-12(21)3-4-14-15-5-6-16(18(26)11-28-20(23)27)22(15,2)10-17(25)19(14)21/h7-9,14-17,19,25H,3-6,10-11H2,1-2H3,(H2,23,27). The fraction of sp³-hybridized carbons (Fsp3) is 0.682. The number of hydrogen-bond acceptors (Lipinski definition) is 5. The third kappa shape index (κ3) is 2.76. The van der Waals surface area contributed by atoms with Gasteiger partial charge in [0.1, 0.15) is 0 Å². The highest BCUT2D eigenvalue weighted by atomic mass is 16.5. The first-order valence-corrected chi connectivity index (χ1v) is 10.2. The van der Waals surface area contributed by atoms with Gasteiger partial charge in [0.25, 0.3) is 0 Å². The summed E-state index contributed by atoms with van der Waals surface area (Å²) in [6.45, 7) is 3.97. The highest BCUT2D eigenvalue weighted by Crippen LogP contribution is 2.66. The van der Waals surface area contributed by atoms with Crippen LogP contribution in [-0.4, -0.2) is 35.5 Å². The highest BCUT2D eigenvalue weighted by Gasteiger charge is 2.62. The van der Waals surface area contributed by atoms with Crippen LogP contribution < -0.4 is 5.73 Å². The molecule has 7 unspecified atom stereocenters. The molecule has 3 N–H and O–H groups in total. The molecular weight excluding hydrogens is 358 g/mol. The summed E-state index contributed by atoms with van der Waals surface area (Å²) in [6.07, 6.45) is 7.94. The van der Waals surface area contributed by atoms with Crippen LogP contribution in [0.3, 0.4) is 0 Å². The number of fused-ring (bicyclic) bond motifs is 5. The number of aliphatic hydroxyl groups excluding tert-OH is 1. The van der Waals surface area contributed by atoms with Gasteiger partial charge < -0.3 is 15.6 Å². The van der Waals surface area contributed by atoms with Crippen LogP contribution in [0.15, 0.2) is 23.8 Å². The first-order chi connectivity index (χ1) is 13.2. The Bertz CT molecular complexity index is 786. The molecule has 3 fully saturated rings. The Kier molecular flexibility index (Phi) is 4.53. The Balaban J connectivity index is 1.62. The van der Waals surface area contributed by atoms with Crippen molar-refractivity contribution in [2.75, 3.05) is 6.61 Å². The number of allylic oxidation sites excluding steroid dienone is 4. The van der Waals surface area contributed by atoms with Crippen LogP contribution in [0.25, 0.3) is 0 Å². The van der Waals surface area contributed by atoms with E-state index in [4.69, 9.17) is 10.5 Å². The van der Waals surface area contributed by atoms with Crippen molar-refractivity contribution in [3.05, 3.63) is 23.8 Å². The van der Waals surface area contributed by atoms with Crippen LogP contribution in [0.1, 0.15) is 46.0 Å². The fourth-order valence-electron chi connectivity index (χ4n) is 7.10. The molecule has 0 radical (unpaired) electrons. The molecule has 0 bridgehead atoms. The summed E-state index contributed by atoms with van der Waals surface area (Å²) in [4.78, 5) is 35.5. The van der Waals surface area contributed by atoms with E-state index in [-0.39, 0.29) is 40.8 Å². The number of amides is 1. The van der Waals surface area contributed by atoms with E-state index in [1.807, 2.05) is 6.08 Å². The maximum atomic E-state index is 12.7. The molecule has 4 aliphatic carbocycles. The quantitative estimate of drug-likeness (QED) is 0.774. The molecule has 6 nitrogen and oxygen atoms in total. The summed E-state index contributed by atoms with van der Waals surface area (Å²) in [5, 5.41) is 11.2.